The van der Waals surface area contributed by atoms with Crippen molar-refractivity contribution < 1.29 is 0 Å². The molecule has 0 amide bonds. The van der Waals surface area contributed by atoms with Crippen LogP contribution in [0.2, 0.25) is 0 Å². The van der Waals surface area contributed by atoms with Crippen LogP contribution in [0.1, 0.15) is 60.1 Å². The third-order valence-corrected chi connectivity index (χ3v) is 5.11. The standard InChI is InChI=1S/C25H28/c1-18-11-12-22(17-19(18)2)24(20-9-7-6-8-10-20)21-13-15-23(16-14-21)25(3,4)5/h6-17,24H,1-5H3. The van der Waals surface area contributed by atoms with Crippen molar-refractivity contribution in [1.29, 1.82) is 0 Å². The van der Waals surface area contributed by atoms with Gasteiger partial charge >= 0.3 is 0 Å². The molecule has 0 bridgehead atoms. The molecule has 3 rings (SSSR count). The minimum Gasteiger partial charge on any atom is -0.0622 e. The highest BCUT2D eigenvalue weighted by molar-refractivity contribution is 5.46. The van der Waals surface area contributed by atoms with Gasteiger partial charge in [0.05, 0.1) is 0 Å². The van der Waals surface area contributed by atoms with Crippen molar-refractivity contribution in [3.63, 3.8) is 0 Å². The Morgan fingerprint density at radius 2 is 1.16 bits per heavy atom. The number of benzene rings is 3. The smallest absolute Gasteiger partial charge is 0.0340 e. The van der Waals surface area contributed by atoms with Gasteiger partial charge in [-0.3, -0.25) is 0 Å². The van der Waals surface area contributed by atoms with E-state index in [0.717, 1.165) is 0 Å². The molecule has 0 N–H and O–H groups in total. The van der Waals surface area contributed by atoms with Gasteiger partial charge in [0.15, 0.2) is 0 Å². The first-order valence-corrected chi connectivity index (χ1v) is 9.09. The zero-order chi connectivity index (χ0) is 18.0. The topological polar surface area (TPSA) is 0 Å². The molecule has 0 radical (unpaired) electrons. The van der Waals surface area contributed by atoms with Crippen LogP contribution < -0.4 is 0 Å². The second-order valence-electron chi connectivity index (χ2n) is 8.06. The molecule has 1 unspecified atom stereocenters. The van der Waals surface area contributed by atoms with Crippen molar-refractivity contribution in [3.05, 3.63) is 106 Å². The minimum absolute atomic E-state index is 0.182. The molecule has 1 atom stereocenters. The third kappa shape index (κ3) is 3.85. The van der Waals surface area contributed by atoms with Crippen LogP contribution in [0.25, 0.3) is 0 Å². The van der Waals surface area contributed by atoms with Gasteiger partial charge in [0.1, 0.15) is 0 Å². The molecule has 0 spiro atoms. The molecule has 0 aliphatic carbocycles. The lowest BCUT2D eigenvalue weighted by Crippen LogP contribution is -2.11. The van der Waals surface area contributed by atoms with E-state index in [2.05, 4.69) is 107 Å². The molecule has 3 aromatic carbocycles. The quantitative estimate of drug-likeness (QED) is 0.465. The van der Waals surface area contributed by atoms with E-state index in [-0.39, 0.29) is 11.3 Å². The van der Waals surface area contributed by atoms with Gasteiger partial charge in [-0.05, 0) is 52.6 Å². The number of hydrogen-bond acceptors (Lipinski definition) is 0. The Hall–Kier alpha value is -2.34. The van der Waals surface area contributed by atoms with Crippen LogP contribution >= 0.6 is 0 Å². The maximum atomic E-state index is 2.34. The molecule has 0 aliphatic rings. The molecule has 3 aromatic rings. The van der Waals surface area contributed by atoms with Crippen LogP contribution in [0, 0.1) is 13.8 Å². The van der Waals surface area contributed by atoms with Gasteiger partial charge in [0.2, 0.25) is 0 Å². The Bertz CT molecular complexity index is 833. The zero-order valence-corrected chi connectivity index (χ0v) is 16.0. The molecule has 0 heterocycles. The van der Waals surface area contributed by atoms with Crippen LogP contribution in [-0.2, 0) is 5.41 Å². The van der Waals surface area contributed by atoms with Gasteiger partial charge in [0.25, 0.3) is 0 Å². The molecule has 0 aliphatic heterocycles. The van der Waals surface area contributed by atoms with Gasteiger partial charge in [-0.25, -0.2) is 0 Å². The predicted molar refractivity (Wildman–Crippen MR) is 108 cm³/mol. The molecule has 0 saturated carbocycles. The number of rotatable bonds is 3. The summed E-state index contributed by atoms with van der Waals surface area (Å²) in [5.41, 5.74) is 8.31. The lowest BCUT2D eigenvalue weighted by Gasteiger charge is -2.23. The van der Waals surface area contributed by atoms with Crippen molar-refractivity contribution in [3.8, 4) is 0 Å². The highest BCUT2D eigenvalue weighted by atomic mass is 14.2. The normalized spacial score (nSPS) is 12.8. The van der Waals surface area contributed by atoms with Crippen molar-refractivity contribution in [1.82, 2.24) is 0 Å². The highest BCUT2D eigenvalue weighted by Crippen LogP contribution is 2.34. The van der Waals surface area contributed by atoms with E-state index in [9.17, 15) is 0 Å². The van der Waals surface area contributed by atoms with Crippen LogP contribution in [0.15, 0.2) is 72.8 Å². The fraction of sp³-hybridized carbons (Fsp3) is 0.280. The first-order chi connectivity index (χ1) is 11.9. The maximum absolute atomic E-state index is 2.34. The van der Waals surface area contributed by atoms with Gasteiger partial charge in [-0.1, -0.05) is 93.6 Å². The summed E-state index contributed by atoms with van der Waals surface area (Å²) < 4.78 is 0. The Kier molecular flexibility index (Phi) is 4.81. The molecule has 0 fully saturated rings. The maximum Gasteiger partial charge on any atom is 0.0340 e. The lowest BCUT2D eigenvalue weighted by atomic mass is 9.81. The zero-order valence-electron chi connectivity index (χ0n) is 16.0. The van der Waals surface area contributed by atoms with E-state index < -0.39 is 0 Å². The van der Waals surface area contributed by atoms with E-state index in [4.69, 9.17) is 0 Å². The first kappa shape index (κ1) is 17.5. The van der Waals surface area contributed by atoms with Gasteiger partial charge in [-0.15, -0.1) is 0 Å². The van der Waals surface area contributed by atoms with E-state index in [0.29, 0.717) is 0 Å². The van der Waals surface area contributed by atoms with Crippen LogP contribution in [-0.4, -0.2) is 0 Å². The molecule has 128 valence electrons. The summed E-state index contributed by atoms with van der Waals surface area (Å²) in [6, 6.07) is 26.8. The fourth-order valence-corrected chi connectivity index (χ4v) is 3.34. The Labute approximate surface area is 152 Å². The Balaban J connectivity index is 2.10. The average Bonchev–Trinajstić information content (AvgIpc) is 2.59. The van der Waals surface area contributed by atoms with Crippen molar-refractivity contribution in [2.75, 3.05) is 0 Å². The summed E-state index contributed by atoms with van der Waals surface area (Å²) in [4.78, 5) is 0. The van der Waals surface area contributed by atoms with Crippen LogP contribution in [0.5, 0.6) is 0 Å². The first-order valence-electron chi connectivity index (χ1n) is 9.09. The minimum atomic E-state index is 0.182. The molecule has 0 saturated heterocycles. The molecule has 0 aromatic heterocycles. The van der Waals surface area contributed by atoms with Gasteiger partial charge in [-0.2, -0.15) is 0 Å². The molecule has 0 heteroatoms. The van der Waals surface area contributed by atoms with E-state index in [1.54, 1.807) is 0 Å². The number of aryl methyl sites for hydroxylation is 2. The second kappa shape index (κ2) is 6.88. The molecular formula is C25H28. The monoisotopic (exact) mass is 328 g/mol. The van der Waals surface area contributed by atoms with Crippen LogP contribution in [0.3, 0.4) is 0 Å². The van der Waals surface area contributed by atoms with Crippen molar-refractivity contribution in [2.45, 2.75) is 46.0 Å². The SMILES string of the molecule is Cc1ccc(C(c2ccccc2)c2ccc(C(C)(C)C)cc2)cc1C. The van der Waals surface area contributed by atoms with Crippen molar-refractivity contribution in [2.24, 2.45) is 0 Å². The predicted octanol–water partition coefficient (Wildman–Crippen LogP) is 6.78. The summed E-state index contributed by atoms with van der Waals surface area (Å²) in [6.45, 7) is 11.2. The summed E-state index contributed by atoms with van der Waals surface area (Å²) >= 11 is 0. The van der Waals surface area contributed by atoms with Gasteiger partial charge in [0, 0.05) is 5.92 Å². The van der Waals surface area contributed by atoms with E-state index in [1.165, 1.54) is 33.4 Å². The fourth-order valence-electron chi connectivity index (χ4n) is 3.34. The average molecular weight is 328 g/mol. The lowest BCUT2D eigenvalue weighted by molar-refractivity contribution is 0.590. The summed E-state index contributed by atoms with van der Waals surface area (Å²) in [7, 11) is 0. The third-order valence-electron chi connectivity index (χ3n) is 5.11. The molecular weight excluding hydrogens is 300 g/mol. The Morgan fingerprint density at radius 3 is 1.72 bits per heavy atom. The summed E-state index contributed by atoms with van der Waals surface area (Å²) in [5, 5.41) is 0. The second-order valence-corrected chi connectivity index (χ2v) is 8.06. The highest BCUT2D eigenvalue weighted by Gasteiger charge is 2.19. The van der Waals surface area contributed by atoms with Gasteiger partial charge < -0.3 is 0 Å². The largest absolute Gasteiger partial charge is 0.0622 e. The molecule has 0 nitrogen and oxygen atoms in total. The molecule has 25 heavy (non-hydrogen) atoms. The summed E-state index contributed by atoms with van der Waals surface area (Å²) in [5.74, 6) is 0.273. The van der Waals surface area contributed by atoms with E-state index in [1.807, 2.05) is 0 Å². The number of hydrogen-bond donors (Lipinski definition) is 0. The van der Waals surface area contributed by atoms with Crippen molar-refractivity contribution >= 4 is 0 Å². The van der Waals surface area contributed by atoms with Crippen LogP contribution in [0.4, 0.5) is 0 Å². The van der Waals surface area contributed by atoms with E-state index >= 15 is 0 Å². The Morgan fingerprint density at radius 1 is 0.600 bits per heavy atom. The summed E-state index contributed by atoms with van der Waals surface area (Å²) in [6.07, 6.45) is 0.